The Morgan fingerprint density at radius 1 is 0.964 bits per heavy atom. The molecule has 0 heterocycles. The molecule has 4 saturated carbocycles. The van der Waals surface area contributed by atoms with Crippen LogP contribution < -0.4 is 5.32 Å². The predicted molar refractivity (Wildman–Crippen MR) is 116 cm³/mol. The van der Waals surface area contributed by atoms with Crippen molar-refractivity contribution in [2.75, 3.05) is 14.1 Å². The van der Waals surface area contributed by atoms with Gasteiger partial charge in [-0.25, -0.2) is 0 Å². The van der Waals surface area contributed by atoms with Crippen molar-refractivity contribution < 1.29 is 4.79 Å². The van der Waals surface area contributed by atoms with Crippen molar-refractivity contribution in [3.63, 3.8) is 0 Å². The van der Waals surface area contributed by atoms with Crippen LogP contribution in [0.25, 0.3) is 0 Å². The van der Waals surface area contributed by atoms with E-state index in [-0.39, 0.29) is 5.91 Å². The molecule has 0 aromatic heterocycles. The van der Waals surface area contributed by atoms with Gasteiger partial charge in [-0.15, -0.1) is 0 Å². The molecule has 4 fully saturated rings. The maximum atomic E-state index is 11.7. The van der Waals surface area contributed by atoms with Gasteiger partial charge in [0.25, 0.3) is 0 Å². The number of amides is 1. The minimum Gasteiger partial charge on any atom is -0.354 e. The second kappa shape index (κ2) is 7.29. The van der Waals surface area contributed by atoms with Crippen LogP contribution >= 0.6 is 0 Å². The fourth-order valence-electron chi connectivity index (χ4n) is 8.99. The van der Waals surface area contributed by atoms with Gasteiger partial charge >= 0.3 is 0 Å². The van der Waals surface area contributed by atoms with Crippen LogP contribution in [0, 0.1) is 40.4 Å². The van der Waals surface area contributed by atoms with Gasteiger partial charge in [0.1, 0.15) is 0 Å². The van der Waals surface area contributed by atoms with E-state index in [4.69, 9.17) is 0 Å². The molecular weight excluding hydrogens is 344 g/mol. The van der Waals surface area contributed by atoms with Gasteiger partial charge in [-0.3, -0.25) is 4.79 Å². The van der Waals surface area contributed by atoms with E-state index >= 15 is 0 Å². The average molecular weight is 389 g/mol. The summed E-state index contributed by atoms with van der Waals surface area (Å²) in [7, 11) is 4.56. The van der Waals surface area contributed by atoms with E-state index in [1.54, 1.807) is 6.92 Å². The molecule has 0 radical (unpaired) electrons. The number of rotatable bonds is 3. The van der Waals surface area contributed by atoms with Gasteiger partial charge in [0, 0.05) is 19.0 Å². The molecule has 28 heavy (non-hydrogen) atoms. The third-order valence-corrected chi connectivity index (χ3v) is 10.5. The highest BCUT2D eigenvalue weighted by molar-refractivity contribution is 5.73. The second-order valence-corrected chi connectivity index (χ2v) is 11.8. The van der Waals surface area contributed by atoms with Crippen molar-refractivity contribution in [2.45, 2.75) is 97.6 Å². The number of carbonyl (C=O) groups excluding carboxylic acids is 1. The molecule has 0 aromatic carbocycles. The first kappa shape index (κ1) is 20.7. The van der Waals surface area contributed by atoms with E-state index in [1.807, 2.05) is 0 Å². The lowest BCUT2D eigenvalue weighted by atomic mass is 9.44. The fraction of sp³-hybridized carbons (Fsp3) is 0.960. The van der Waals surface area contributed by atoms with Crippen LogP contribution in [0.4, 0.5) is 0 Å². The predicted octanol–water partition coefficient (Wildman–Crippen LogP) is 5.10. The van der Waals surface area contributed by atoms with E-state index in [2.05, 4.69) is 45.1 Å². The molecule has 3 heteroatoms. The van der Waals surface area contributed by atoms with E-state index in [1.165, 1.54) is 57.8 Å². The number of hydrogen-bond acceptors (Lipinski definition) is 2. The molecule has 1 amide bonds. The lowest BCUT2D eigenvalue weighted by Crippen LogP contribution is -2.56. The van der Waals surface area contributed by atoms with E-state index in [0.29, 0.717) is 22.8 Å². The second-order valence-electron chi connectivity index (χ2n) is 11.8. The third-order valence-electron chi connectivity index (χ3n) is 10.5. The Labute approximate surface area is 173 Å². The monoisotopic (exact) mass is 388 g/mol. The van der Waals surface area contributed by atoms with Crippen LogP contribution in [0.3, 0.4) is 0 Å². The van der Waals surface area contributed by atoms with Gasteiger partial charge in [0.15, 0.2) is 0 Å². The molecule has 4 rings (SSSR count). The Morgan fingerprint density at radius 3 is 2.32 bits per heavy atom. The smallest absolute Gasteiger partial charge is 0.217 e. The highest BCUT2D eigenvalue weighted by atomic mass is 16.1. The maximum Gasteiger partial charge on any atom is 0.217 e. The third kappa shape index (κ3) is 3.15. The minimum absolute atomic E-state index is 0.138. The normalized spacial score (nSPS) is 49.1. The van der Waals surface area contributed by atoms with Crippen molar-refractivity contribution in [3.8, 4) is 0 Å². The summed E-state index contributed by atoms with van der Waals surface area (Å²) in [4.78, 5) is 14.1. The Hall–Kier alpha value is -0.570. The van der Waals surface area contributed by atoms with Gasteiger partial charge < -0.3 is 10.2 Å². The molecule has 0 bridgehead atoms. The SMILES string of the molecule is CC(=O)NC(C)C1CCC2C3CCC4CC(N(C)C)CCC4(C)C3CCC12C. The summed E-state index contributed by atoms with van der Waals surface area (Å²) in [6.07, 6.45) is 12.7. The highest BCUT2D eigenvalue weighted by Crippen LogP contribution is 2.67. The Balaban J connectivity index is 1.52. The molecule has 1 N–H and O–H groups in total. The summed E-state index contributed by atoms with van der Waals surface area (Å²) in [5.74, 6) is 4.51. The number of hydrogen-bond donors (Lipinski definition) is 1. The van der Waals surface area contributed by atoms with Crippen molar-refractivity contribution in [3.05, 3.63) is 0 Å². The van der Waals surface area contributed by atoms with Crippen LogP contribution in [0.1, 0.15) is 85.5 Å². The van der Waals surface area contributed by atoms with Crippen LogP contribution in [0.2, 0.25) is 0 Å². The standard InChI is InChI=1S/C25H44N2O/c1-16(26-17(2)28)21-9-10-22-20-8-7-18-15-19(27(5)6)11-13-24(18,3)23(20)12-14-25(21,22)4/h16,18-23H,7-15H2,1-6H3,(H,26,28). The van der Waals surface area contributed by atoms with E-state index in [9.17, 15) is 4.79 Å². The molecular formula is C25H44N2O. The van der Waals surface area contributed by atoms with Crippen LogP contribution in [0.15, 0.2) is 0 Å². The van der Waals surface area contributed by atoms with Crippen LogP contribution in [0.5, 0.6) is 0 Å². The van der Waals surface area contributed by atoms with Crippen molar-refractivity contribution in [1.82, 2.24) is 10.2 Å². The zero-order valence-electron chi connectivity index (χ0n) is 19.3. The summed E-state index contributed by atoms with van der Waals surface area (Å²) in [6.45, 7) is 9.19. The lowest BCUT2D eigenvalue weighted by molar-refractivity contribution is -0.125. The van der Waals surface area contributed by atoms with Gasteiger partial charge in [0.2, 0.25) is 5.91 Å². The largest absolute Gasteiger partial charge is 0.354 e. The molecule has 0 spiro atoms. The molecule has 9 atom stereocenters. The summed E-state index contributed by atoms with van der Waals surface area (Å²) in [5.41, 5.74) is 1.02. The molecule has 3 nitrogen and oxygen atoms in total. The average Bonchev–Trinajstić information content (AvgIpc) is 2.97. The molecule has 0 aromatic rings. The molecule has 0 aliphatic heterocycles. The quantitative estimate of drug-likeness (QED) is 0.729. The number of carbonyl (C=O) groups is 1. The molecule has 0 saturated heterocycles. The van der Waals surface area contributed by atoms with Crippen LogP contribution in [-0.4, -0.2) is 37.0 Å². The topological polar surface area (TPSA) is 32.3 Å². The summed E-state index contributed by atoms with van der Waals surface area (Å²) >= 11 is 0. The van der Waals surface area contributed by atoms with Crippen molar-refractivity contribution >= 4 is 5.91 Å². The van der Waals surface area contributed by atoms with Gasteiger partial charge in [-0.2, -0.15) is 0 Å². The molecule has 4 aliphatic carbocycles. The summed E-state index contributed by atoms with van der Waals surface area (Å²) in [6, 6.07) is 1.13. The fourth-order valence-corrected chi connectivity index (χ4v) is 8.99. The summed E-state index contributed by atoms with van der Waals surface area (Å²) < 4.78 is 0. The summed E-state index contributed by atoms with van der Waals surface area (Å²) in [5, 5.41) is 3.24. The van der Waals surface area contributed by atoms with Crippen molar-refractivity contribution in [2.24, 2.45) is 40.4 Å². The van der Waals surface area contributed by atoms with Crippen molar-refractivity contribution in [1.29, 1.82) is 0 Å². The zero-order chi connectivity index (χ0) is 20.3. The first-order chi connectivity index (χ1) is 13.2. The minimum atomic E-state index is 0.138. The first-order valence-corrected chi connectivity index (χ1v) is 12.1. The maximum absolute atomic E-state index is 11.7. The number of nitrogens with zero attached hydrogens (tertiary/aromatic N) is 1. The molecule has 4 aliphatic rings. The Bertz CT molecular complexity index is 603. The highest BCUT2D eigenvalue weighted by Gasteiger charge is 2.60. The molecule has 9 unspecified atom stereocenters. The van der Waals surface area contributed by atoms with E-state index < -0.39 is 0 Å². The zero-order valence-corrected chi connectivity index (χ0v) is 19.3. The van der Waals surface area contributed by atoms with E-state index in [0.717, 1.165) is 29.7 Å². The Morgan fingerprint density at radius 2 is 1.64 bits per heavy atom. The number of fused-ring (bicyclic) bond motifs is 5. The number of nitrogens with one attached hydrogen (secondary N) is 1. The molecule has 160 valence electrons. The van der Waals surface area contributed by atoms with Crippen LogP contribution in [-0.2, 0) is 4.79 Å². The van der Waals surface area contributed by atoms with Gasteiger partial charge in [0.05, 0.1) is 0 Å². The van der Waals surface area contributed by atoms with Gasteiger partial charge in [-0.1, -0.05) is 13.8 Å². The Kier molecular flexibility index (Phi) is 5.39. The first-order valence-electron chi connectivity index (χ1n) is 12.1. The van der Waals surface area contributed by atoms with Gasteiger partial charge in [-0.05, 0) is 119 Å². The lowest BCUT2D eigenvalue weighted by Gasteiger charge is -2.61.